The fraction of sp³-hybridized carbons (Fsp3) is 0.231. The number of nitrogens with two attached hydrogens (primary N) is 3. The van der Waals surface area contributed by atoms with E-state index in [-0.39, 0.29) is 6.10 Å². The van der Waals surface area contributed by atoms with E-state index in [0.717, 1.165) is 4.90 Å². The molecule has 0 aliphatic heterocycles. The summed E-state index contributed by atoms with van der Waals surface area (Å²) in [7, 11) is 0. The first kappa shape index (κ1) is 14.3. The van der Waals surface area contributed by atoms with E-state index in [1.54, 1.807) is 0 Å². The maximum absolute atomic E-state index is 6.09. The van der Waals surface area contributed by atoms with Gasteiger partial charge in [0.25, 0.3) is 0 Å². The fourth-order valence-corrected chi connectivity index (χ4v) is 2.43. The van der Waals surface area contributed by atoms with Gasteiger partial charge in [-0.1, -0.05) is 6.07 Å². The Balaban J connectivity index is 2.29. The van der Waals surface area contributed by atoms with Crippen molar-refractivity contribution in [1.29, 1.82) is 0 Å². The monoisotopic (exact) mass is 291 g/mol. The lowest BCUT2D eigenvalue weighted by Crippen LogP contribution is -2.07. The maximum atomic E-state index is 6.09. The number of aromatic nitrogens is 2. The highest BCUT2D eigenvalue weighted by atomic mass is 32.2. The van der Waals surface area contributed by atoms with Crippen LogP contribution in [0.4, 0.5) is 17.3 Å². The van der Waals surface area contributed by atoms with E-state index in [1.165, 1.54) is 17.8 Å². The van der Waals surface area contributed by atoms with Crippen molar-refractivity contribution in [2.45, 2.75) is 30.0 Å². The molecular weight excluding hydrogens is 274 g/mol. The number of anilines is 3. The zero-order valence-corrected chi connectivity index (χ0v) is 12.1. The summed E-state index contributed by atoms with van der Waals surface area (Å²) in [4.78, 5) is 9.03. The second kappa shape index (κ2) is 5.87. The molecule has 0 aliphatic carbocycles. The lowest BCUT2D eigenvalue weighted by molar-refractivity contribution is 0.243. The molecule has 0 fully saturated rings. The van der Waals surface area contributed by atoms with Crippen molar-refractivity contribution in [3.8, 4) is 5.75 Å². The minimum absolute atomic E-state index is 0.0526. The summed E-state index contributed by atoms with van der Waals surface area (Å²) in [6, 6.07) is 7.07. The van der Waals surface area contributed by atoms with Crippen LogP contribution < -0.4 is 21.9 Å². The molecule has 0 aliphatic rings. The van der Waals surface area contributed by atoms with Crippen LogP contribution in [-0.4, -0.2) is 16.1 Å². The van der Waals surface area contributed by atoms with Gasteiger partial charge in [0, 0.05) is 11.0 Å². The van der Waals surface area contributed by atoms with E-state index < -0.39 is 0 Å². The molecule has 6 nitrogen and oxygen atoms in total. The molecule has 0 amide bonds. The Morgan fingerprint density at radius 3 is 2.35 bits per heavy atom. The summed E-state index contributed by atoms with van der Waals surface area (Å²) in [6.07, 6.45) is 0.0526. The topological polar surface area (TPSA) is 113 Å². The van der Waals surface area contributed by atoms with Gasteiger partial charge >= 0.3 is 0 Å². The molecule has 1 aromatic carbocycles. The molecule has 0 spiro atoms. The lowest BCUT2D eigenvalue weighted by Gasteiger charge is -2.14. The smallest absolute Gasteiger partial charge is 0.196 e. The molecule has 0 saturated carbocycles. The van der Waals surface area contributed by atoms with E-state index in [0.29, 0.717) is 28.2 Å². The molecule has 20 heavy (non-hydrogen) atoms. The summed E-state index contributed by atoms with van der Waals surface area (Å²) in [6.45, 7) is 3.89. The van der Waals surface area contributed by atoms with Crippen LogP contribution in [-0.2, 0) is 0 Å². The maximum Gasteiger partial charge on any atom is 0.196 e. The van der Waals surface area contributed by atoms with E-state index in [2.05, 4.69) is 9.97 Å². The highest BCUT2D eigenvalue weighted by Crippen LogP contribution is 2.36. The number of hydrogen-bond donors (Lipinski definition) is 3. The first-order valence-electron chi connectivity index (χ1n) is 6.08. The number of ether oxygens (including phenoxy) is 1. The average molecular weight is 291 g/mol. The molecule has 0 atom stereocenters. The zero-order chi connectivity index (χ0) is 14.7. The standard InChI is InChI=1S/C13H17N5OS/c1-7(2)19-8-4-3-5-9(12(8)16)20-13-17-10(14)6-11(15)18-13/h3-7H,16H2,1-2H3,(H4,14,15,17,18). The van der Waals surface area contributed by atoms with Crippen LogP contribution in [0.15, 0.2) is 34.3 Å². The molecule has 0 saturated heterocycles. The normalized spacial score (nSPS) is 10.8. The van der Waals surface area contributed by atoms with Crippen molar-refractivity contribution in [3.63, 3.8) is 0 Å². The van der Waals surface area contributed by atoms with Crippen molar-refractivity contribution in [3.05, 3.63) is 24.3 Å². The Bertz CT molecular complexity index is 597. The van der Waals surface area contributed by atoms with Crippen LogP contribution >= 0.6 is 11.8 Å². The third-order valence-electron chi connectivity index (χ3n) is 2.34. The third-order valence-corrected chi connectivity index (χ3v) is 3.28. The SMILES string of the molecule is CC(C)Oc1cccc(Sc2nc(N)cc(N)n2)c1N. The van der Waals surface area contributed by atoms with E-state index in [4.69, 9.17) is 21.9 Å². The van der Waals surface area contributed by atoms with Crippen molar-refractivity contribution >= 4 is 29.1 Å². The van der Waals surface area contributed by atoms with Gasteiger partial charge in [0.05, 0.1) is 11.8 Å². The van der Waals surface area contributed by atoms with Gasteiger partial charge < -0.3 is 21.9 Å². The van der Waals surface area contributed by atoms with Gasteiger partial charge in [0.2, 0.25) is 0 Å². The molecule has 6 N–H and O–H groups in total. The summed E-state index contributed by atoms with van der Waals surface area (Å²) < 4.78 is 5.64. The van der Waals surface area contributed by atoms with Gasteiger partial charge in [0.15, 0.2) is 5.16 Å². The zero-order valence-electron chi connectivity index (χ0n) is 11.3. The Hall–Kier alpha value is -2.15. The predicted molar refractivity (Wildman–Crippen MR) is 81.6 cm³/mol. The summed E-state index contributed by atoms with van der Waals surface area (Å²) in [5, 5.41) is 0.455. The number of nitrogen functional groups attached to an aromatic ring is 3. The Labute approximate surface area is 121 Å². The average Bonchev–Trinajstić information content (AvgIpc) is 2.32. The van der Waals surface area contributed by atoms with Crippen LogP contribution in [0.2, 0.25) is 0 Å². The van der Waals surface area contributed by atoms with Crippen LogP contribution in [0.3, 0.4) is 0 Å². The first-order valence-corrected chi connectivity index (χ1v) is 6.90. The molecule has 0 radical (unpaired) electrons. The van der Waals surface area contributed by atoms with Crippen molar-refractivity contribution in [2.75, 3.05) is 17.2 Å². The predicted octanol–water partition coefficient (Wildman–Crippen LogP) is 2.16. The Morgan fingerprint density at radius 1 is 1.10 bits per heavy atom. The van der Waals surface area contributed by atoms with Crippen LogP contribution in [0.25, 0.3) is 0 Å². The summed E-state index contributed by atoms with van der Waals surface area (Å²) in [5.41, 5.74) is 17.9. The highest BCUT2D eigenvalue weighted by molar-refractivity contribution is 7.99. The van der Waals surface area contributed by atoms with Gasteiger partial charge in [0.1, 0.15) is 17.4 Å². The molecule has 0 unspecified atom stereocenters. The fourth-order valence-electron chi connectivity index (χ4n) is 1.58. The van der Waals surface area contributed by atoms with E-state index >= 15 is 0 Å². The molecule has 2 rings (SSSR count). The molecule has 7 heteroatoms. The van der Waals surface area contributed by atoms with Gasteiger partial charge in [-0.25, -0.2) is 9.97 Å². The van der Waals surface area contributed by atoms with Crippen LogP contribution in [0, 0.1) is 0 Å². The Morgan fingerprint density at radius 2 is 1.75 bits per heavy atom. The first-order chi connectivity index (χ1) is 9.45. The molecule has 1 aromatic heterocycles. The van der Waals surface area contributed by atoms with E-state index in [1.807, 2.05) is 32.0 Å². The second-order valence-corrected chi connectivity index (χ2v) is 5.45. The molecule has 2 aromatic rings. The molecule has 0 bridgehead atoms. The third kappa shape index (κ3) is 3.45. The van der Waals surface area contributed by atoms with Crippen LogP contribution in [0.1, 0.15) is 13.8 Å². The quantitative estimate of drug-likeness (QED) is 0.584. The molecule has 1 heterocycles. The second-order valence-electron chi connectivity index (χ2n) is 4.44. The van der Waals surface area contributed by atoms with E-state index in [9.17, 15) is 0 Å². The number of rotatable bonds is 4. The lowest BCUT2D eigenvalue weighted by atomic mass is 10.3. The molecular formula is C13H17N5OS. The number of hydrogen-bond acceptors (Lipinski definition) is 7. The minimum atomic E-state index is 0.0526. The Kier molecular flexibility index (Phi) is 4.19. The van der Waals surface area contributed by atoms with Crippen molar-refractivity contribution in [1.82, 2.24) is 9.97 Å². The number of para-hydroxylation sites is 1. The van der Waals surface area contributed by atoms with Crippen molar-refractivity contribution in [2.24, 2.45) is 0 Å². The van der Waals surface area contributed by atoms with Crippen LogP contribution in [0.5, 0.6) is 5.75 Å². The highest BCUT2D eigenvalue weighted by Gasteiger charge is 2.11. The van der Waals surface area contributed by atoms with Gasteiger partial charge in [-0.2, -0.15) is 0 Å². The van der Waals surface area contributed by atoms with Gasteiger partial charge in [-0.3, -0.25) is 0 Å². The minimum Gasteiger partial charge on any atom is -0.489 e. The largest absolute Gasteiger partial charge is 0.489 e. The van der Waals surface area contributed by atoms with Gasteiger partial charge in [-0.15, -0.1) is 0 Å². The van der Waals surface area contributed by atoms with Gasteiger partial charge in [-0.05, 0) is 37.7 Å². The number of nitrogens with zero attached hydrogens (tertiary/aromatic N) is 2. The summed E-state index contributed by atoms with van der Waals surface area (Å²) in [5.74, 6) is 1.29. The number of benzene rings is 1. The summed E-state index contributed by atoms with van der Waals surface area (Å²) >= 11 is 1.30. The van der Waals surface area contributed by atoms with Crippen molar-refractivity contribution < 1.29 is 4.74 Å². The molecule has 106 valence electrons.